The average Bonchev–Trinajstić information content (AvgIpc) is 3.70. The van der Waals surface area contributed by atoms with Gasteiger partial charge in [-0.1, -0.05) is 54.1 Å². The topological polar surface area (TPSA) is 108 Å². The number of carbonyl (C=O) groups excluding carboxylic acids is 2. The van der Waals surface area contributed by atoms with E-state index in [9.17, 15) is 24.1 Å². The third-order valence-electron chi connectivity index (χ3n) is 7.18. The van der Waals surface area contributed by atoms with Crippen molar-refractivity contribution in [3.63, 3.8) is 0 Å². The lowest BCUT2D eigenvalue weighted by atomic mass is 9.93. The van der Waals surface area contributed by atoms with Crippen molar-refractivity contribution >= 4 is 46.4 Å². The summed E-state index contributed by atoms with van der Waals surface area (Å²) in [5.41, 5.74) is 2.52. The van der Waals surface area contributed by atoms with Crippen molar-refractivity contribution in [1.82, 2.24) is 0 Å². The van der Waals surface area contributed by atoms with Crippen LogP contribution >= 0.6 is 22.9 Å². The number of amides is 1. The van der Waals surface area contributed by atoms with E-state index in [0.29, 0.717) is 56.6 Å². The van der Waals surface area contributed by atoms with Gasteiger partial charge in [0.25, 0.3) is 5.69 Å². The molecule has 1 fully saturated rings. The van der Waals surface area contributed by atoms with Gasteiger partial charge in [0.2, 0.25) is 0 Å². The van der Waals surface area contributed by atoms with E-state index in [4.69, 9.17) is 21.1 Å². The molecule has 1 heterocycles. The van der Waals surface area contributed by atoms with Gasteiger partial charge in [-0.05, 0) is 67.6 Å². The summed E-state index contributed by atoms with van der Waals surface area (Å²) in [6.45, 7) is 3.73. The Morgan fingerprint density at radius 3 is 2.36 bits per heavy atom. The van der Waals surface area contributed by atoms with Crippen molar-refractivity contribution in [1.29, 1.82) is 0 Å². The largest absolute Gasteiger partial charge is 0.465 e. The number of halogens is 2. The van der Waals surface area contributed by atoms with E-state index in [0.717, 1.165) is 16.9 Å². The first-order chi connectivity index (χ1) is 20.1. The number of thiophene rings is 1. The number of hydrogen-bond donors (Lipinski definition) is 1. The van der Waals surface area contributed by atoms with Gasteiger partial charge in [0.15, 0.2) is 0 Å². The molecule has 5 rings (SSSR count). The first-order valence-electron chi connectivity index (χ1n) is 13.2. The smallest absolute Gasteiger partial charge is 0.412 e. The Kier molecular flexibility index (Phi) is 8.29. The Hall–Kier alpha value is -4.28. The van der Waals surface area contributed by atoms with Gasteiger partial charge >= 0.3 is 12.1 Å². The normalized spacial score (nSPS) is 14.1. The predicted molar refractivity (Wildman–Crippen MR) is 159 cm³/mol. The third kappa shape index (κ3) is 6.00. The molecule has 8 nitrogen and oxygen atoms in total. The number of nitrogens with one attached hydrogen (secondary N) is 1. The molecular weight excluding hydrogens is 583 g/mol. The first-order valence-corrected chi connectivity index (χ1v) is 14.4. The van der Waals surface area contributed by atoms with Crippen LogP contribution < -0.4 is 5.32 Å². The van der Waals surface area contributed by atoms with Crippen LogP contribution in [0.4, 0.5) is 20.6 Å². The molecule has 1 amide bonds. The molecule has 1 N–H and O–H groups in total. The average molecular weight is 609 g/mol. The molecule has 0 radical (unpaired) electrons. The summed E-state index contributed by atoms with van der Waals surface area (Å²) < 4.78 is 24.3. The van der Waals surface area contributed by atoms with E-state index >= 15 is 0 Å². The molecule has 3 aromatic carbocycles. The molecule has 4 aromatic rings. The van der Waals surface area contributed by atoms with E-state index < -0.39 is 28.4 Å². The van der Waals surface area contributed by atoms with Crippen LogP contribution in [0.2, 0.25) is 4.34 Å². The number of anilines is 1. The van der Waals surface area contributed by atoms with Gasteiger partial charge in [-0.2, -0.15) is 0 Å². The number of carbonyl (C=O) groups is 2. The first kappa shape index (κ1) is 29.2. The quantitative estimate of drug-likeness (QED) is 0.116. The maximum absolute atomic E-state index is 13.2. The predicted octanol–water partition coefficient (Wildman–Crippen LogP) is 8.69. The second-order valence-electron chi connectivity index (χ2n) is 9.89. The Balaban J connectivity index is 1.38. The van der Waals surface area contributed by atoms with Crippen LogP contribution in [0.1, 0.15) is 43.9 Å². The summed E-state index contributed by atoms with van der Waals surface area (Å²) in [7, 11) is 0. The summed E-state index contributed by atoms with van der Waals surface area (Å²) in [5.74, 6) is -0.647. The number of hydrogen-bond acceptors (Lipinski definition) is 7. The number of nitro benzene ring substituents is 1. The lowest BCUT2D eigenvalue weighted by Crippen LogP contribution is -2.23. The summed E-state index contributed by atoms with van der Waals surface area (Å²) in [6, 6.07) is 19.1. The molecule has 0 unspecified atom stereocenters. The highest BCUT2D eigenvalue weighted by Crippen LogP contribution is 2.50. The van der Waals surface area contributed by atoms with Crippen molar-refractivity contribution < 1.29 is 28.4 Å². The van der Waals surface area contributed by atoms with Crippen LogP contribution in [-0.2, 0) is 19.7 Å². The Morgan fingerprint density at radius 2 is 1.74 bits per heavy atom. The van der Waals surface area contributed by atoms with E-state index in [-0.39, 0.29) is 11.7 Å². The van der Waals surface area contributed by atoms with Gasteiger partial charge in [-0.3, -0.25) is 20.2 Å². The molecule has 0 aliphatic heterocycles. The zero-order chi connectivity index (χ0) is 30.0. The SMILES string of the molecule is CCOC(=O)C1(c2ccc(-c3ccc(-c4sc(Cl)cc4NC(=O)O[C@H](C)c4ccc(F)cc4)cc3[N+](=O)[O-])cc2)CC1. The van der Waals surface area contributed by atoms with Crippen LogP contribution in [0, 0.1) is 15.9 Å². The van der Waals surface area contributed by atoms with Gasteiger partial charge in [-0.15, -0.1) is 11.3 Å². The van der Waals surface area contributed by atoms with Crippen LogP contribution in [0.5, 0.6) is 0 Å². The van der Waals surface area contributed by atoms with E-state index in [1.165, 1.54) is 30.3 Å². The van der Waals surface area contributed by atoms with Crippen LogP contribution in [-0.4, -0.2) is 23.6 Å². The fourth-order valence-corrected chi connectivity index (χ4v) is 5.99. The molecular formula is C31H26ClFN2O6S. The Labute approximate surface area is 250 Å². The number of rotatable bonds is 9. The molecule has 1 aliphatic rings. The maximum Gasteiger partial charge on any atom is 0.412 e. The summed E-state index contributed by atoms with van der Waals surface area (Å²) in [6.07, 6.45) is 0.00343. The van der Waals surface area contributed by atoms with Crippen molar-refractivity contribution in [3.05, 3.63) is 104 Å². The van der Waals surface area contributed by atoms with Gasteiger partial charge in [-0.25, -0.2) is 9.18 Å². The molecule has 0 bridgehead atoms. The van der Waals surface area contributed by atoms with Crippen molar-refractivity contribution in [3.8, 4) is 21.6 Å². The molecule has 0 spiro atoms. The molecule has 1 aliphatic carbocycles. The number of ether oxygens (including phenoxy) is 2. The highest BCUT2D eigenvalue weighted by atomic mass is 35.5. The highest BCUT2D eigenvalue weighted by molar-refractivity contribution is 7.20. The number of nitrogens with zero attached hydrogens (tertiary/aromatic N) is 1. The minimum atomic E-state index is -0.759. The van der Waals surface area contributed by atoms with Crippen LogP contribution in [0.3, 0.4) is 0 Å². The van der Waals surface area contributed by atoms with Crippen molar-refractivity contribution in [2.75, 3.05) is 11.9 Å². The third-order valence-corrected chi connectivity index (χ3v) is 8.50. The van der Waals surface area contributed by atoms with E-state index in [2.05, 4.69) is 5.32 Å². The van der Waals surface area contributed by atoms with Crippen molar-refractivity contribution in [2.24, 2.45) is 0 Å². The van der Waals surface area contributed by atoms with Crippen LogP contribution in [0.15, 0.2) is 72.8 Å². The van der Waals surface area contributed by atoms with Crippen molar-refractivity contribution in [2.45, 2.75) is 38.2 Å². The minimum absolute atomic E-state index is 0.130. The monoisotopic (exact) mass is 608 g/mol. The minimum Gasteiger partial charge on any atom is -0.465 e. The number of nitro groups is 1. The molecule has 42 heavy (non-hydrogen) atoms. The summed E-state index contributed by atoms with van der Waals surface area (Å²) in [5, 5.41) is 14.8. The fourth-order valence-electron chi connectivity index (χ4n) is 4.81. The fraction of sp³-hybridized carbons (Fsp3) is 0.226. The molecule has 1 saturated carbocycles. The highest BCUT2D eigenvalue weighted by Gasteiger charge is 2.52. The summed E-state index contributed by atoms with van der Waals surface area (Å²) >= 11 is 7.42. The maximum atomic E-state index is 13.2. The van der Waals surface area contributed by atoms with E-state index in [1.807, 2.05) is 12.1 Å². The standard InChI is InChI=1S/C31H26ClFN2O6S/c1-3-40-29(36)31(14-15-31)22-9-4-20(5-10-22)24-13-8-21(16-26(24)35(38)39)28-25(17-27(32)42-28)34-30(37)41-18(2)19-6-11-23(33)12-7-19/h4-13,16-18H,3,14-15H2,1-2H3,(H,34,37)/t18-/m1/s1. The second kappa shape index (κ2) is 11.9. The molecule has 0 saturated heterocycles. The zero-order valence-electron chi connectivity index (χ0n) is 22.7. The lowest BCUT2D eigenvalue weighted by Gasteiger charge is -2.15. The molecule has 1 atom stereocenters. The van der Waals surface area contributed by atoms with Crippen LogP contribution in [0.25, 0.3) is 21.6 Å². The molecule has 11 heteroatoms. The van der Waals surface area contributed by atoms with Gasteiger partial charge < -0.3 is 9.47 Å². The van der Waals surface area contributed by atoms with Gasteiger partial charge in [0.05, 0.1) is 37.4 Å². The Morgan fingerprint density at radius 1 is 1.07 bits per heavy atom. The number of benzene rings is 3. The molecule has 1 aromatic heterocycles. The lowest BCUT2D eigenvalue weighted by molar-refractivity contribution is -0.384. The van der Waals surface area contributed by atoms with Gasteiger partial charge in [0.1, 0.15) is 11.9 Å². The zero-order valence-corrected chi connectivity index (χ0v) is 24.3. The summed E-state index contributed by atoms with van der Waals surface area (Å²) in [4.78, 5) is 37.3. The van der Waals surface area contributed by atoms with E-state index in [1.54, 1.807) is 44.2 Å². The molecule has 216 valence electrons. The second-order valence-corrected chi connectivity index (χ2v) is 11.6. The van der Waals surface area contributed by atoms with Gasteiger partial charge in [0, 0.05) is 11.6 Å². The Bertz CT molecular complexity index is 1650. The number of esters is 1.